The smallest absolute Gasteiger partial charge is 0.505 e. The number of hydrogen-bond donors (Lipinski definition) is 0. The highest BCUT2D eigenvalue weighted by Crippen LogP contribution is 1.89. The number of allylic oxidation sites excluding steroid dienone is 1. The zero-order chi connectivity index (χ0) is 7.82. The zero-order valence-corrected chi connectivity index (χ0v) is 7.59. The summed E-state index contributed by atoms with van der Waals surface area (Å²) in [5.74, 6) is 0. The molecule has 0 spiro atoms. The van der Waals surface area contributed by atoms with Crippen LogP contribution < -0.4 is 0 Å². The highest BCUT2D eigenvalue weighted by molar-refractivity contribution is 6.36. The minimum absolute atomic E-state index is 0.961. The first-order valence-corrected chi connectivity index (χ1v) is 4.34. The van der Waals surface area contributed by atoms with E-state index in [1.54, 1.807) is 20.5 Å². The lowest BCUT2D eigenvalue weighted by atomic mass is 10.5. The zero-order valence-electron chi connectivity index (χ0n) is 6.59. The van der Waals surface area contributed by atoms with Gasteiger partial charge < -0.3 is 13.3 Å². The van der Waals surface area contributed by atoms with Crippen molar-refractivity contribution in [1.82, 2.24) is 0 Å². The summed E-state index contributed by atoms with van der Waals surface area (Å²) in [6, 6.07) is 0. The van der Waals surface area contributed by atoms with Crippen molar-refractivity contribution < 1.29 is 13.3 Å². The minimum Gasteiger partial charge on any atom is -0.505 e. The second-order valence-corrected chi connectivity index (χ2v) is 3.11. The first kappa shape index (κ1) is 9.68. The summed E-state index contributed by atoms with van der Waals surface area (Å²) in [7, 11) is 1.65. The molecule has 0 saturated carbocycles. The molecule has 0 atom stereocenters. The summed E-state index contributed by atoms with van der Waals surface area (Å²) in [5.41, 5.74) is 0. The molecule has 59 valence electrons. The second-order valence-electron chi connectivity index (χ2n) is 1.56. The normalized spacial score (nSPS) is 11.2. The molecule has 0 saturated heterocycles. The van der Waals surface area contributed by atoms with Crippen LogP contribution in [0.2, 0.25) is 0 Å². The third-order valence-corrected chi connectivity index (χ3v) is 1.82. The molecule has 10 heavy (non-hydrogen) atoms. The predicted octanol–water partition coefficient (Wildman–Crippen LogP) is 1.20. The molecule has 0 aliphatic carbocycles. The third-order valence-electron chi connectivity index (χ3n) is 0.830. The minimum atomic E-state index is -1.48. The van der Waals surface area contributed by atoms with Gasteiger partial charge in [0.2, 0.25) is 0 Å². The Hall–Kier alpha value is -0.323. The maximum atomic E-state index is 5.06. The monoisotopic (exact) mass is 161 g/mol. The molecule has 0 N–H and O–H groups in total. The van der Waals surface area contributed by atoms with Crippen LogP contribution in [0, 0.1) is 0 Å². The van der Waals surface area contributed by atoms with E-state index in [1.165, 1.54) is 0 Å². The Morgan fingerprint density at radius 3 is 2.30 bits per heavy atom. The molecular weight excluding hydrogens is 148 g/mol. The molecule has 0 aromatic heterocycles. The van der Waals surface area contributed by atoms with Gasteiger partial charge in [0.1, 0.15) is 0 Å². The molecule has 0 amide bonds. The van der Waals surface area contributed by atoms with E-state index in [9.17, 15) is 0 Å². The van der Waals surface area contributed by atoms with Crippen molar-refractivity contribution in [3.05, 3.63) is 12.3 Å². The standard InChI is InChI=1S/C6H13O3Si/c1-4-5-6-9-10(7-2)8-3/h5-6H,4H2,1-3H3. The molecule has 0 unspecified atom stereocenters. The lowest BCUT2D eigenvalue weighted by molar-refractivity contribution is 0.181. The molecule has 1 radical (unpaired) electrons. The molecule has 0 aromatic rings. The lowest BCUT2D eigenvalue weighted by Gasteiger charge is -2.05. The van der Waals surface area contributed by atoms with Crippen molar-refractivity contribution >= 4 is 9.53 Å². The SMILES string of the molecule is CCC=CO[Si](OC)OC. The van der Waals surface area contributed by atoms with E-state index in [1.807, 2.05) is 13.0 Å². The van der Waals surface area contributed by atoms with Crippen molar-refractivity contribution in [3.63, 3.8) is 0 Å². The van der Waals surface area contributed by atoms with Crippen molar-refractivity contribution in [2.45, 2.75) is 13.3 Å². The van der Waals surface area contributed by atoms with Gasteiger partial charge in [-0.05, 0) is 6.42 Å². The van der Waals surface area contributed by atoms with Crippen LogP contribution in [-0.4, -0.2) is 23.7 Å². The van der Waals surface area contributed by atoms with Crippen LogP contribution in [-0.2, 0) is 13.3 Å². The Morgan fingerprint density at radius 1 is 1.30 bits per heavy atom. The van der Waals surface area contributed by atoms with E-state index < -0.39 is 9.53 Å². The summed E-state index contributed by atoms with van der Waals surface area (Å²) in [5, 5.41) is 0. The van der Waals surface area contributed by atoms with Gasteiger partial charge >= 0.3 is 9.53 Å². The quantitative estimate of drug-likeness (QED) is 0.448. The average Bonchev–Trinajstić information content (AvgIpc) is 1.99. The van der Waals surface area contributed by atoms with E-state index in [4.69, 9.17) is 13.3 Å². The van der Waals surface area contributed by atoms with Crippen LogP contribution in [0.5, 0.6) is 0 Å². The summed E-state index contributed by atoms with van der Waals surface area (Å²) in [6.45, 7) is 2.03. The fourth-order valence-corrected chi connectivity index (χ4v) is 0.946. The summed E-state index contributed by atoms with van der Waals surface area (Å²) >= 11 is 0. The summed E-state index contributed by atoms with van der Waals surface area (Å²) in [6.07, 6.45) is 4.48. The Labute approximate surface area is 63.6 Å². The van der Waals surface area contributed by atoms with Crippen LogP contribution in [0.4, 0.5) is 0 Å². The van der Waals surface area contributed by atoms with Crippen LogP contribution in [0.25, 0.3) is 0 Å². The Balaban J connectivity index is 3.34. The van der Waals surface area contributed by atoms with E-state index in [0.29, 0.717) is 0 Å². The Bertz CT molecular complexity index is 91.0. The van der Waals surface area contributed by atoms with Crippen LogP contribution in [0.15, 0.2) is 12.3 Å². The topological polar surface area (TPSA) is 27.7 Å². The Kier molecular flexibility index (Phi) is 6.57. The molecule has 4 heteroatoms. The highest BCUT2D eigenvalue weighted by atomic mass is 28.3. The van der Waals surface area contributed by atoms with Crippen molar-refractivity contribution in [1.29, 1.82) is 0 Å². The van der Waals surface area contributed by atoms with E-state index in [-0.39, 0.29) is 0 Å². The predicted molar refractivity (Wildman–Crippen MR) is 40.3 cm³/mol. The molecule has 3 nitrogen and oxygen atoms in total. The largest absolute Gasteiger partial charge is 0.655 e. The van der Waals surface area contributed by atoms with Gasteiger partial charge in [-0.25, -0.2) is 0 Å². The second kappa shape index (κ2) is 6.79. The van der Waals surface area contributed by atoms with E-state index >= 15 is 0 Å². The van der Waals surface area contributed by atoms with Crippen molar-refractivity contribution in [2.24, 2.45) is 0 Å². The van der Waals surface area contributed by atoms with Gasteiger partial charge in [0.25, 0.3) is 0 Å². The van der Waals surface area contributed by atoms with Crippen LogP contribution in [0.3, 0.4) is 0 Å². The Morgan fingerprint density at radius 2 is 1.90 bits per heavy atom. The van der Waals surface area contributed by atoms with Crippen LogP contribution in [0.1, 0.15) is 13.3 Å². The van der Waals surface area contributed by atoms with E-state index in [2.05, 4.69) is 0 Å². The van der Waals surface area contributed by atoms with Gasteiger partial charge in [0.05, 0.1) is 6.26 Å². The molecule has 0 heterocycles. The van der Waals surface area contributed by atoms with Crippen molar-refractivity contribution in [3.8, 4) is 0 Å². The van der Waals surface area contributed by atoms with Gasteiger partial charge in [0.15, 0.2) is 0 Å². The molecule has 0 fully saturated rings. The van der Waals surface area contributed by atoms with Gasteiger partial charge in [0, 0.05) is 14.2 Å². The molecular formula is C6H13O3Si. The molecule has 0 aliphatic rings. The fraction of sp³-hybridized carbons (Fsp3) is 0.667. The van der Waals surface area contributed by atoms with Gasteiger partial charge in [-0.2, -0.15) is 0 Å². The highest BCUT2D eigenvalue weighted by Gasteiger charge is 2.13. The summed E-state index contributed by atoms with van der Waals surface area (Å²) < 4.78 is 14.8. The van der Waals surface area contributed by atoms with Gasteiger partial charge in [-0.3, -0.25) is 0 Å². The first-order valence-electron chi connectivity index (χ1n) is 3.11. The molecule has 0 aromatic carbocycles. The third kappa shape index (κ3) is 4.55. The van der Waals surface area contributed by atoms with Gasteiger partial charge in [-0.1, -0.05) is 13.0 Å². The molecule has 0 rings (SSSR count). The first-order chi connectivity index (χ1) is 4.85. The number of hydrogen-bond acceptors (Lipinski definition) is 3. The maximum absolute atomic E-state index is 5.06. The fourth-order valence-electron chi connectivity index (χ4n) is 0.379. The lowest BCUT2D eigenvalue weighted by Crippen LogP contribution is -2.20. The van der Waals surface area contributed by atoms with Crippen molar-refractivity contribution in [2.75, 3.05) is 14.2 Å². The maximum Gasteiger partial charge on any atom is 0.655 e. The van der Waals surface area contributed by atoms with E-state index in [0.717, 1.165) is 6.42 Å². The average molecular weight is 161 g/mol. The molecule has 0 bridgehead atoms. The summed E-state index contributed by atoms with van der Waals surface area (Å²) in [4.78, 5) is 0. The van der Waals surface area contributed by atoms with Crippen LogP contribution >= 0.6 is 0 Å². The van der Waals surface area contributed by atoms with Gasteiger partial charge in [-0.15, -0.1) is 0 Å². The number of rotatable bonds is 5. The molecule has 0 aliphatic heterocycles.